The van der Waals surface area contributed by atoms with E-state index in [9.17, 15) is 13.6 Å². The Morgan fingerprint density at radius 2 is 2.18 bits per heavy atom. The van der Waals surface area contributed by atoms with Crippen LogP contribution in [0, 0.1) is 11.6 Å². The zero-order chi connectivity index (χ0) is 12.4. The van der Waals surface area contributed by atoms with Gasteiger partial charge in [-0.05, 0) is 12.1 Å². The van der Waals surface area contributed by atoms with E-state index >= 15 is 0 Å². The number of nitrogens with zero attached hydrogens (tertiary/aromatic N) is 1. The Kier molecular flexibility index (Phi) is 3.12. The lowest BCUT2D eigenvalue weighted by atomic mass is 10.3. The maximum atomic E-state index is 12.9. The monoisotopic (exact) mass is 243 g/mol. The van der Waals surface area contributed by atoms with Gasteiger partial charge in [0.15, 0.2) is 11.6 Å². The minimum absolute atomic E-state index is 0.209. The van der Waals surface area contributed by atoms with Crippen LogP contribution in [0.2, 0.25) is 0 Å². The Balaban J connectivity index is 1.98. The van der Waals surface area contributed by atoms with Crippen LogP contribution in [0.5, 0.6) is 5.75 Å². The van der Waals surface area contributed by atoms with Gasteiger partial charge in [0.1, 0.15) is 11.9 Å². The van der Waals surface area contributed by atoms with Crippen LogP contribution in [0.3, 0.4) is 0 Å². The van der Waals surface area contributed by atoms with Gasteiger partial charge in [-0.3, -0.25) is 0 Å². The molecule has 2 rings (SSSR count). The molecule has 1 fully saturated rings. The van der Waals surface area contributed by atoms with Crippen LogP contribution in [0.4, 0.5) is 13.6 Å². The minimum Gasteiger partial charge on any atom is -0.488 e. The molecule has 1 amide bonds. The summed E-state index contributed by atoms with van der Waals surface area (Å²) in [6, 6.07) is 3.26. The molecule has 1 atom stereocenters. The van der Waals surface area contributed by atoms with Crippen LogP contribution < -0.4 is 4.74 Å². The molecule has 0 aromatic heterocycles. The normalized spacial score (nSPS) is 19.4. The molecule has 0 radical (unpaired) electrons. The second-order valence-corrected chi connectivity index (χ2v) is 3.83. The molecule has 1 unspecified atom stereocenters. The number of halogens is 2. The maximum Gasteiger partial charge on any atom is 0.407 e. The summed E-state index contributed by atoms with van der Waals surface area (Å²) in [6.45, 7) is 0.637. The van der Waals surface area contributed by atoms with Gasteiger partial charge >= 0.3 is 6.09 Å². The Bertz CT molecular complexity index is 439. The van der Waals surface area contributed by atoms with E-state index in [-0.39, 0.29) is 18.4 Å². The van der Waals surface area contributed by atoms with E-state index in [0.29, 0.717) is 13.0 Å². The quantitative estimate of drug-likeness (QED) is 0.865. The fourth-order valence-electron chi connectivity index (χ4n) is 1.74. The SMILES string of the molecule is O=C(O)N1CCC(Oc2ccc(F)c(F)c2)C1. The van der Waals surface area contributed by atoms with E-state index in [1.807, 2.05) is 0 Å². The number of rotatable bonds is 2. The topological polar surface area (TPSA) is 49.8 Å². The summed E-state index contributed by atoms with van der Waals surface area (Å²) in [5.41, 5.74) is 0. The largest absolute Gasteiger partial charge is 0.488 e. The number of carboxylic acid groups (broad SMARTS) is 1. The lowest BCUT2D eigenvalue weighted by Gasteiger charge is -2.14. The van der Waals surface area contributed by atoms with Gasteiger partial charge in [0.25, 0.3) is 0 Å². The van der Waals surface area contributed by atoms with Gasteiger partial charge in [0.05, 0.1) is 6.54 Å². The van der Waals surface area contributed by atoms with Crippen LogP contribution in [0.1, 0.15) is 6.42 Å². The molecule has 1 aromatic carbocycles. The third kappa shape index (κ3) is 2.64. The molecule has 0 spiro atoms. The van der Waals surface area contributed by atoms with Crippen LogP contribution in [-0.4, -0.2) is 35.3 Å². The highest BCUT2D eigenvalue weighted by Crippen LogP contribution is 2.20. The van der Waals surface area contributed by atoms with Gasteiger partial charge in [0, 0.05) is 19.0 Å². The fraction of sp³-hybridized carbons (Fsp3) is 0.364. The van der Waals surface area contributed by atoms with E-state index in [1.165, 1.54) is 11.0 Å². The van der Waals surface area contributed by atoms with Crippen molar-refractivity contribution in [2.75, 3.05) is 13.1 Å². The third-order valence-corrected chi connectivity index (χ3v) is 2.61. The number of likely N-dealkylation sites (tertiary alicyclic amines) is 1. The highest BCUT2D eigenvalue weighted by Gasteiger charge is 2.27. The summed E-state index contributed by atoms with van der Waals surface area (Å²) in [4.78, 5) is 11.9. The highest BCUT2D eigenvalue weighted by atomic mass is 19.2. The van der Waals surface area contributed by atoms with Crippen molar-refractivity contribution >= 4 is 6.09 Å². The molecule has 6 heteroatoms. The Morgan fingerprint density at radius 3 is 2.76 bits per heavy atom. The Hall–Kier alpha value is -1.85. The molecule has 92 valence electrons. The van der Waals surface area contributed by atoms with E-state index < -0.39 is 17.7 Å². The summed E-state index contributed by atoms with van der Waals surface area (Å²) in [7, 11) is 0. The molecule has 1 aliphatic rings. The molecule has 1 N–H and O–H groups in total. The van der Waals surface area contributed by atoms with E-state index in [1.54, 1.807) is 0 Å². The minimum atomic E-state index is -0.999. The lowest BCUT2D eigenvalue weighted by Crippen LogP contribution is -2.29. The number of benzene rings is 1. The number of hydrogen-bond acceptors (Lipinski definition) is 2. The van der Waals surface area contributed by atoms with Crippen molar-refractivity contribution in [2.45, 2.75) is 12.5 Å². The molecule has 4 nitrogen and oxygen atoms in total. The summed E-state index contributed by atoms with van der Waals surface area (Å²) in [5, 5.41) is 8.74. The highest BCUT2D eigenvalue weighted by molar-refractivity contribution is 5.65. The average Bonchev–Trinajstić information content (AvgIpc) is 2.72. The van der Waals surface area contributed by atoms with E-state index in [2.05, 4.69) is 0 Å². The van der Waals surface area contributed by atoms with Gasteiger partial charge in [-0.1, -0.05) is 0 Å². The molecular weight excluding hydrogens is 232 g/mol. The summed E-state index contributed by atoms with van der Waals surface area (Å²) < 4.78 is 30.9. The van der Waals surface area contributed by atoms with Crippen molar-refractivity contribution in [1.29, 1.82) is 0 Å². The molecule has 1 aromatic rings. The molecule has 0 saturated carbocycles. The van der Waals surface area contributed by atoms with Crippen LogP contribution in [0.25, 0.3) is 0 Å². The Labute approximate surface area is 96.4 Å². The summed E-state index contributed by atoms with van der Waals surface area (Å²) in [5.74, 6) is -1.70. The number of hydrogen-bond donors (Lipinski definition) is 1. The first-order valence-electron chi connectivity index (χ1n) is 5.16. The standard InChI is InChI=1S/C11H11F2NO3/c12-9-2-1-7(5-10(9)13)17-8-3-4-14(6-8)11(15)16/h1-2,5,8H,3-4,6H2,(H,15,16). The lowest BCUT2D eigenvalue weighted by molar-refractivity contribution is 0.145. The molecule has 1 aliphatic heterocycles. The third-order valence-electron chi connectivity index (χ3n) is 2.61. The summed E-state index contributed by atoms with van der Waals surface area (Å²) >= 11 is 0. The number of amides is 1. The van der Waals surface area contributed by atoms with E-state index in [0.717, 1.165) is 12.1 Å². The van der Waals surface area contributed by atoms with Crippen molar-refractivity contribution in [1.82, 2.24) is 4.90 Å². The molecular formula is C11H11F2NO3. The van der Waals surface area contributed by atoms with Crippen LogP contribution in [0.15, 0.2) is 18.2 Å². The van der Waals surface area contributed by atoms with Gasteiger partial charge in [0.2, 0.25) is 0 Å². The maximum absolute atomic E-state index is 12.9. The van der Waals surface area contributed by atoms with Crippen molar-refractivity contribution in [3.8, 4) is 5.75 Å². The predicted octanol–water partition coefficient (Wildman–Crippen LogP) is 2.10. The zero-order valence-corrected chi connectivity index (χ0v) is 8.90. The van der Waals surface area contributed by atoms with Gasteiger partial charge in [-0.2, -0.15) is 0 Å². The second-order valence-electron chi connectivity index (χ2n) is 3.83. The molecule has 1 heterocycles. The second kappa shape index (κ2) is 4.57. The van der Waals surface area contributed by atoms with Crippen molar-refractivity contribution in [2.24, 2.45) is 0 Å². The first-order chi connectivity index (χ1) is 8.06. The average molecular weight is 243 g/mol. The Morgan fingerprint density at radius 1 is 1.41 bits per heavy atom. The van der Waals surface area contributed by atoms with Crippen LogP contribution in [-0.2, 0) is 0 Å². The molecule has 0 bridgehead atoms. The zero-order valence-electron chi connectivity index (χ0n) is 8.90. The predicted molar refractivity (Wildman–Crippen MR) is 55.0 cm³/mol. The fourth-order valence-corrected chi connectivity index (χ4v) is 1.74. The van der Waals surface area contributed by atoms with Crippen molar-refractivity contribution in [3.63, 3.8) is 0 Å². The van der Waals surface area contributed by atoms with Gasteiger partial charge in [-0.25, -0.2) is 13.6 Å². The smallest absolute Gasteiger partial charge is 0.407 e. The van der Waals surface area contributed by atoms with Gasteiger partial charge < -0.3 is 14.7 Å². The van der Waals surface area contributed by atoms with Crippen molar-refractivity contribution < 1.29 is 23.4 Å². The summed E-state index contributed by atoms with van der Waals surface area (Å²) in [6.07, 6.45) is -0.761. The number of ether oxygens (including phenoxy) is 1. The van der Waals surface area contributed by atoms with Crippen molar-refractivity contribution in [3.05, 3.63) is 29.8 Å². The first-order valence-corrected chi connectivity index (χ1v) is 5.16. The van der Waals surface area contributed by atoms with E-state index in [4.69, 9.17) is 9.84 Å². The van der Waals surface area contributed by atoms with Crippen LogP contribution >= 0.6 is 0 Å². The number of carbonyl (C=O) groups is 1. The van der Waals surface area contributed by atoms with Gasteiger partial charge in [-0.15, -0.1) is 0 Å². The molecule has 17 heavy (non-hydrogen) atoms. The first kappa shape index (κ1) is 11.6. The molecule has 0 aliphatic carbocycles. The molecule has 1 saturated heterocycles.